The summed E-state index contributed by atoms with van der Waals surface area (Å²) in [7, 11) is -0.878. The van der Waals surface area contributed by atoms with Crippen LogP contribution in [0.5, 0.6) is 0 Å². The van der Waals surface area contributed by atoms with E-state index in [4.69, 9.17) is 4.98 Å². The Hall–Kier alpha value is -3.55. The molecule has 4 heteroatoms. The van der Waals surface area contributed by atoms with E-state index in [-0.39, 0.29) is 5.56 Å². The predicted octanol–water partition coefficient (Wildman–Crippen LogP) is 5.07. The van der Waals surface area contributed by atoms with Crippen LogP contribution in [0, 0.1) is 20.8 Å². The molecule has 0 aliphatic carbocycles. The fourth-order valence-electron chi connectivity index (χ4n) is 4.49. The minimum absolute atomic E-state index is 0.0256. The molecule has 4 aromatic carbocycles. The van der Waals surface area contributed by atoms with E-state index >= 15 is 0 Å². The maximum absolute atomic E-state index is 13.8. The van der Waals surface area contributed by atoms with Crippen LogP contribution < -0.4 is 21.5 Å². The van der Waals surface area contributed by atoms with Crippen LogP contribution in [0.2, 0.25) is 0 Å². The SMILES string of the molecule is Cc1cc(C)c(-n2c(C)nc3ccccc3c2=O)c(P(c2ccccc2)c2ccccc2)c1. The first-order valence-corrected chi connectivity index (χ1v) is 12.4. The Kier molecular flexibility index (Phi) is 5.66. The molecule has 0 unspecified atom stereocenters. The van der Waals surface area contributed by atoms with E-state index in [0.29, 0.717) is 11.2 Å². The Balaban J connectivity index is 1.87. The quantitative estimate of drug-likeness (QED) is 0.360. The van der Waals surface area contributed by atoms with Gasteiger partial charge < -0.3 is 0 Å². The minimum atomic E-state index is -0.878. The summed E-state index contributed by atoms with van der Waals surface area (Å²) in [5, 5.41) is 4.31. The van der Waals surface area contributed by atoms with E-state index < -0.39 is 7.92 Å². The molecule has 0 radical (unpaired) electrons. The van der Waals surface area contributed by atoms with Gasteiger partial charge in [-0.2, -0.15) is 0 Å². The van der Waals surface area contributed by atoms with E-state index in [2.05, 4.69) is 74.5 Å². The number of nitrogens with zero attached hydrogens (tertiary/aromatic N) is 2. The minimum Gasteiger partial charge on any atom is -0.268 e. The Morgan fingerprint density at radius 3 is 1.94 bits per heavy atom. The number of fused-ring (bicyclic) bond motifs is 1. The maximum Gasteiger partial charge on any atom is 0.265 e. The summed E-state index contributed by atoms with van der Waals surface area (Å²) in [6.45, 7) is 6.14. The van der Waals surface area contributed by atoms with Gasteiger partial charge in [0, 0.05) is 5.30 Å². The fourth-order valence-corrected chi connectivity index (χ4v) is 7.10. The lowest BCUT2D eigenvalue weighted by atomic mass is 10.1. The van der Waals surface area contributed by atoms with Gasteiger partial charge in [-0.1, -0.05) is 84.4 Å². The Morgan fingerprint density at radius 1 is 0.727 bits per heavy atom. The average molecular weight is 449 g/mol. The number of aromatic nitrogens is 2. The van der Waals surface area contributed by atoms with Gasteiger partial charge in [0.25, 0.3) is 5.56 Å². The van der Waals surface area contributed by atoms with Crippen molar-refractivity contribution in [2.45, 2.75) is 20.8 Å². The van der Waals surface area contributed by atoms with Gasteiger partial charge >= 0.3 is 0 Å². The summed E-state index contributed by atoms with van der Waals surface area (Å²) in [5.74, 6) is 0.697. The smallest absolute Gasteiger partial charge is 0.265 e. The van der Waals surface area contributed by atoms with Gasteiger partial charge in [-0.25, -0.2) is 4.98 Å². The molecule has 0 saturated heterocycles. The third kappa shape index (κ3) is 3.90. The van der Waals surface area contributed by atoms with E-state index in [1.807, 2.05) is 47.9 Å². The standard InChI is InChI=1S/C29H25N2OP/c1-20-18-21(2)28(31-22(3)30-26-17-11-10-16-25(26)29(31)32)27(19-20)33(23-12-6-4-7-13-23)24-14-8-5-9-15-24/h4-19H,1-3H3. The molecule has 33 heavy (non-hydrogen) atoms. The molecule has 0 spiro atoms. The molecule has 0 bridgehead atoms. The zero-order valence-electron chi connectivity index (χ0n) is 19.0. The summed E-state index contributed by atoms with van der Waals surface area (Å²) in [6, 6.07) is 33.2. The van der Waals surface area contributed by atoms with Gasteiger partial charge in [-0.3, -0.25) is 9.36 Å². The molecule has 0 saturated carbocycles. The molecule has 0 amide bonds. The van der Waals surface area contributed by atoms with E-state index in [1.165, 1.54) is 21.5 Å². The highest BCUT2D eigenvalue weighted by Gasteiger charge is 2.24. The van der Waals surface area contributed by atoms with Gasteiger partial charge in [-0.05, 0) is 63.1 Å². The van der Waals surface area contributed by atoms with E-state index in [0.717, 1.165) is 16.8 Å². The molecular formula is C29H25N2OP. The normalized spacial score (nSPS) is 11.3. The van der Waals surface area contributed by atoms with Crippen LogP contribution in [0.15, 0.2) is 102 Å². The first kappa shape index (κ1) is 21.3. The van der Waals surface area contributed by atoms with Crippen molar-refractivity contribution in [1.29, 1.82) is 0 Å². The first-order chi connectivity index (χ1) is 16.0. The van der Waals surface area contributed by atoms with Crippen molar-refractivity contribution < 1.29 is 0 Å². The van der Waals surface area contributed by atoms with Gasteiger partial charge in [0.15, 0.2) is 0 Å². The van der Waals surface area contributed by atoms with Gasteiger partial charge in [0.1, 0.15) is 5.82 Å². The zero-order valence-corrected chi connectivity index (χ0v) is 19.9. The second kappa shape index (κ2) is 8.77. The molecule has 0 N–H and O–H groups in total. The first-order valence-electron chi connectivity index (χ1n) is 11.0. The van der Waals surface area contributed by atoms with Crippen molar-refractivity contribution in [1.82, 2.24) is 9.55 Å². The van der Waals surface area contributed by atoms with Crippen LogP contribution in [-0.2, 0) is 0 Å². The summed E-state index contributed by atoms with van der Waals surface area (Å²) in [4.78, 5) is 18.6. The van der Waals surface area contributed by atoms with Crippen molar-refractivity contribution in [3.05, 3.63) is 124 Å². The fraction of sp³-hybridized carbons (Fsp3) is 0.103. The Bertz CT molecular complexity index is 1470. The number of hydrogen-bond acceptors (Lipinski definition) is 2. The van der Waals surface area contributed by atoms with Crippen LogP contribution in [0.3, 0.4) is 0 Å². The van der Waals surface area contributed by atoms with Crippen molar-refractivity contribution >= 4 is 34.7 Å². The number of aryl methyl sites for hydroxylation is 3. The van der Waals surface area contributed by atoms with E-state index in [9.17, 15) is 4.79 Å². The van der Waals surface area contributed by atoms with Crippen molar-refractivity contribution in [3.63, 3.8) is 0 Å². The molecule has 1 heterocycles. The predicted molar refractivity (Wildman–Crippen MR) is 140 cm³/mol. The topological polar surface area (TPSA) is 34.9 Å². The number of benzene rings is 4. The lowest BCUT2D eigenvalue weighted by molar-refractivity contribution is 0.892. The second-order valence-corrected chi connectivity index (χ2v) is 10.5. The van der Waals surface area contributed by atoms with Crippen LogP contribution in [0.4, 0.5) is 0 Å². The summed E-state index contributed by atoms with van der Waals surface area (Å²) >= 11 is 0. The Labute approximate surface area is 195 Å². The van der Waals surface area contributed by atoms with Crippen LogP contribution in [0.25, 0.3) is 16.6 Å². The molecule has 5 rings (SSSR count). The highest BCUT2D eigenvalue weighted by molar-refractivity contribution is 7.80. The summed E-state index contributed by atoms with van der Waals surface area (Å²) in [5.41, 5.74) is 3.91. The summed E-state index contributed by atoms with van der Waals surface area (Å²) in [6.07, 6.45) is 0. The molecule has 1 aromatic heterocycles. The van der Waals surface area contributed by atoms with Crippen LogP contribution >= 0.6 is 7.92 Å². The van der Waals surface area contributed by atoms with Crippen LogP contribution in [0.1, 0.15) is 17.0 Å². The summed E-state index contributed by atoms with van der Waals surface area (Å²) < 4.78 is 1.81. The highest BCUT2D eigenvalue weighted by Crippen LogP contribution is 2.36. The second-order valence-electron chi connectivity index (χ2n) is 8.27. The van der Waals surface area contributed by atoms with Gasteiger partial charge in [0.05, 0.1) is 16.6 Å². The van der Waals surface area contributed by atoms with Gasteiger partial charge in [0.2, 0.25) is 0 Å². The lowest BCUT2D eigenvalue weighted by Gasteiger charge is -2.25. The van der Waals surface area contributed by atoms with Gasteiger partial charge in [-0.15, -0.1) is 0 Å². The molecule has 0 fully saturated rings. The Morgan fingerprint density at radius 2 is 1.30 bits per heavy atom. The molecule has 0 atom stereocenters. The van der Waals surface area contributed by atoms with Crippen molar-refractivity contribution in [2.75, 3.05) is 0 Å². The monoisotopic (exact) mass is 448 g/mol. The number of rotatable bonds is 4. The average Bonchev–Trinajstić information content (AvgIpc) is 2.82. The molecular weight excluding hydrogens is 423 g/mol. The number of para-hydroxylation sites is 1. The molecule has 0 aliphatic rings. The largest absolute Gasteiger partial charge is 0.268 e. The highest BCUT2D eigenvalue weighted by atomic mass is 31.1. The zero-order chi connectivity index (χ0) is 22.9. The van der Waals surface area contributed by atoms with Crippen LogP contribution in [-0.4, -0.2) is 9.55 Å². The lowest BCUT2D eigenvalue weighted by Crippen LogP contribution is -2.31. The molecule has 3 nitrogen and oxygen atoms in total. The number of hydrogen-bond donors (Lipinski definition) is 0. The molecule has 0 aliphatic heterocycles. The third-order valence-corrected chi connectivity index (χ3v) is 8.31. The third-order valence-electron chi connectivity index (χ3n) is 5.86. The van der Waals surface area contributed by atoms with E-state index in [1.54, 1.807) is 0 Å². The van der Waals surface area contributed by atoms with Crippen molar-refractivity contribution in [2.24, 2.45) is 0 Å². The molecule has 5 aromatic rings. The molecule has 162 valence electrons. The van der Waals surface area contributed by atoms with Crippen molar-refractivity contribution in [3.8, 4) is 5.69 Å². The maximum atomic E-state index is 13.8.